The predicted octanol–water partition coefficient (Wildman–Crippen LogP) is 3.34. The Bertz CT molecular complexity index is 370. The summed E-state index contributed by atoms with van der Waals surface area (Å²) in [5.41, 5.74) is 3.24. The van der Waals surface area contributed by atoms with Crippen LogP contribution >= 0.6 is 0 Å². The number of nitrogens with zero attached hydrogens (tertiary/aromatic N) is 1. The molecule has 0 amide bonds. The average Bonchev–Trinajstić information content (AvgIpc) is 2.08. The van der Waals surface area contributed by atoms with Crippen LogP contribution in [0.5, 0.6) is 0 Å². The van der Waals surface area contributed by atoms with Crippen molar-refractivity contribution in [1.82, 2.24) is 0 Å². The average molecular weight is 193 g/mol. The largest absolute Gasteiger partial charge is 0.273 e. The molecule has 1 rings (SSSR count). The van der Waals surface area contributed by atoms with E-state index in [4.69, 9.17) is 0 Å². The van der Waals surface area contributed by atoms with Crippen LogP contribution in [-0.4, -0.2) is 4.92 Å². The molecule has 0 fully saturated rings. The van der Waals surface area contributed by atoms with Crippen LogP contribution in [0, 0.1) is 24.0 Å². The van der Waals surface area contributed by atoms with E-state index in [0.29, 0.717) is 0 Å². The second-order valence-corrected chi connectivity index (χ2v) is 3.85. The smallest absolute Gasteiger partial charge is 0.258 e. The highest BCUT2D eigenvalue weighted by Gasteiger charge is 2.19. The first-order valence-electron chi connectivity index (χ1n) is 4.69. The summed E-state index contributed by atoms with van der Waals surface area (Å²) in [7, 11) is 0. The number of aryl methyl sites for hydroxylation is 1. The fourth-order valence-corrected chi connectivity index (χ4v) is 1.71. The summed E-state index contributed by atoms with van der Waals surface area (Å²) in [4.78, 5) is 10.5. The number of rotatable bonds is 2. The lowest BCUT2D eigenvalue weighted by Crippen LogP contribution is -2.01. The number of nitro groups is 1. The van der Waals surface area contributed by atoms with Crippen LogP contribution in [-0.2, 0) is 0 Å². The summed E-state index contributed by atoms with van der Waals surface area (Å²) in [6.45, 7) is 7.88. The summed E-state index contributed by atoms with van der Waals surface area (Å²) < 4.78 is 0. The highest BCUT2D eigenvalue weighted by molar-refractivity contribution is 5.50. The van der Waals surface area contributed by atoms with Crippen molar-refractivity contribution in [2.45, 2.75) is 33.6 Å². The lowest BCUT2D eigenvalue weighted by Gasteiger charge is -2.12. The molecule has 0 aliphatic carbocycles. The summed E-state index contributed by atoms with van der Waals surface area (Å²) >= 11 is 0. The maximum atomic E-state index is 10.8. The lowest BCUT2D eigenvalue weighted by atomic mass is 9.93. The number of hydrogen-bond donors (Lipinski definition) is 0. The molecule has 1 aromatic carbocycles. The summed E-state index contributed by atoms with van der Waals surface area (Å²) in [5.74, 6) is 0.190. The Hall–Kier alpha value is -1.38. The van der Waals surface area contributed by atoms with Gasteiger partial charge >= 0.3 is 0 Å². The molecular formula is C11H15NO2. The van der Waals surface area contributed by atoms with Crippen LogP contribution in [0.2, 0.25) is 0 Å². The van der Waals surface area contributed by atoms with E-state index in [9.17, 15) is 10.1 Å². The standard InChI is InChI=1S/C11H15NO2/c1-7(2)11-9(4)8(3)5-6-10(11)12(13)14/h5-7H,1-4H3. The van der Waals surface area contributed by atoms with Gasteiger partial charge in [-0.2, -0.15) is 0 Å². The van der Waals surface area contributed by atoms with Crippen molar-refractivity contribution in [3.8, 4) is 0 Å². The minimum atomic E-state index is -0.304. The van der Waals surface area contributed by atoms with Crippen LogP contribution in [0.3, 0.4) is 0 Å². The second-order valence-electron chi connectivity index (χ2n) is 3.85. The van der Waals surface area contributed by atoms with Gasteiger partial charge in [0.1, 0.15) is 0 Å². The second kappa shape index (κ2) is 3.78. The summed E-state index contributed by atoms with van der Waals surface area (Å²) in [6, 6.07) is 3.40. The molecule has 76 valence electrons. The molecule has 14 heavy (non-hydrogen) atoms. The molecule has 0 radical (unpaired) electrons. The maximum Gasteiger partial charge on any atom is 0.273 e. The van der Waals surface area contributed by atoms with Crippen molar-refractivity contribution in [3.63, 3.8) is 0 Å². The normalized spacial score (nSPS) is 10.6. The SMILES string of the molecule is Cc1ccc([N+](=O)[O-])c(C(C)C)c1C. The molecule has 0 atom stereocenters. The van der Waals surface area contributed by atoms with Crippen LogP contribution < -0.4 is 0 Å². The fraction of sp³-hybridized carbons (Fsp3) is 0.455. The van der Waals surface area contributed by atoms with Crippen LogP contribution in [0.1, 0.15) is 36.5 Å². The summed E-state index contributed by atoms with van der Waals surface area (Å²) in [5, 5.41) is 10.8. The van der Waals surface area contributed by atoms with Gasteiger partial charge in [-0.15, -0.1) is 0 Å². The van der Waals surface area contributed by atoms with Crippen molar-refractivity contribution in [2.75, 3.05) is 0 Å². The molecule has 3 nitrogen and oxygen atoms in total. The molecule has 0 unspecified atom stereocenters. The van der Waals surface area contributed by atoms with Crippen LogP contribution in [0.25, 0.3) is 0 Å². The van der Waals surface area contributed by atoms with Gasteiger partial charge < -0.3 is 0 Å². The van der Waals surface area contributed by atoms with Gasteiger partial charge in [-0.1, -0.05) is 19.9 Å². The monoisotopic (exact) mass is 193 g/mol. The zero-order valence-corrected chi connectivity index (χ0v) is 9.00. The van der Waals surface area contributed by atoms with Gasteiger partial charge in [0.05, 0.1) is 4.92 Å². The van der Waals surface area contributed by atoms with Crippen molar-refractivity contribution in [3.05, 3.63) is 38.9 Å². The Morgan fingerprint density at radius 1 is 1.29 bits per heavy atom. The molecule has 0 saturated carbocycles. The van der Waals surface area contributed by atoms with Gasteiger partial charge in [0.2, 0.25) is 0 Å². The van der Waals surface area contributed by atoms with Crippen LogP contribution in [0.4, 0.5) is 5.69 Å². The Morgan fingerprint density at radius 2 is 1.86 bits per heavy atom. The molecule has 0 N–H and O–H groups in total. The van der Waals surface area contributed by atoms with Crippen LogP contribution in [0.15, 0.2) is 12.1 Å². The molecule has 0 aromatic heterocycles. The number of nitro benzene ring substituents is 1. The fourth-order valence-electron chi connectivity index (χ4n) is 1.71. The van der Waals surface area contributed by atoms with Gasteiger partial charge in [0.25, 0.3) is 5.69 Å². The van der Waals surface area contributed by atoms with E-state index in [0.717, 1.165) is 16.7 Å². The Labute approximate surface area is 83.9 Å². The minimum absolute atomic E-state index is 0.190. The molecular weight excluding hydrogens is 178 g/mol. The number of benzene rings is 1. The van der Waals surface area contributed by atoms with E-state index in [1.165, 1.54) is 0 Å². The van der Waals surface area contributed by atoms with E-state index in [-0.39, 0.29) is 16.5 Å². The van der Waals surface area contributed by atoms with Crippen molar-refractivity contribution in [2.24, 2.45) is 0 Å². The van der Waals surface area contributed by atoms with E-state index < -0.39 is 0 Å². The molecule has 3 heteroatoms. The van der Waals surface area contributed by atoms with Gasteiger partial charge in [0.15, 0.2) is 0 Å². The van der Waals surface area contributed by atoms with Crippen molar-refractivity contribution >= 4 is 5.69 Å². The van der Waals surface area contributed by atoms with Crippen molar-refractivity contribution < 1.29 is 4.92 Å². The molecule has 0 spiro atoms. The Balaban J connectivity index is 3.45. The zero-order chi connectivity index (χ0) is 10.9. The topological polar surface area (TPSA) is 43.1 Å². The molecule has 0 aliphatic rings. The van der Waals surface area contributed by atoms with Gasteiger partial charge in [-0.05, 0) is 30.9 Å². The third-order valence-corrected chi connectivity index (χ3v) is 2.54. The molecule has 0 saturated heterocycles. The third kappa shape index (κ3) is 1.76. The molecule has 1 aromatic rings. The zero-order valence-electron chi connectivity index (χ0n) is 9.00. The van der Waals surface area contributed by atoms with Gasteiger partial charge in [-0.25, -0.2) is 0 Å². The predicted molar refractivity (Wildman–Crippen MR) is 56.7 cm³/mol. The van der Waals surface area contributed by atoms with E-state index in [1.807, 2.05) is 27.7 Å². The first-order chi connectivity index (χ1) is 6.45. The highest BCUT2D eigenvalue weighted by atomic mass is 16.6. The van der Waals surface area contributed by atoms with Gasteiger partial charge in [0, 0.05) is 11.6 Å². The molecule has 0 heterocycles. The first-order valence-corrected chi connectivity index (χ1v) is 4.69. The number of hydrogen-bond acceptors (Lipinski definition) is 2. The molecule has 0 aliphatic heterocycles. The van der Waals surface area contributed by atoms with E-state index in [1.54, 1.807) is 12.1 Å². The Morgan fingerprint density at radius 3 is 2.29 bits per heavy atom. The first kappa shape index (κ1) is 10.7. The Kier molecular flexibility index (Phi) is 2.89. The quantitative estimate of drug-likeness (QED) is 0.534. The maximum absolute atomic E-state index is 10.8. The van der Waals surface area contributed by atoms with Crippen molar-refractivity contribution in [1.29, 1.82) is 0 Å². The van der Waals surface area contributed by atoms with E-state index >= 15 is 0 Å². The minimum Gasteiger partial charge on any atom is -0.258 e. The highest BCUT2D eigenvalue weighted by Crippen LogP contribution is 2.30. The molecule has 0 bridgehead atoms. The van der Waals surface area contributed by atoms with Gasteiger partial charge in [-0.3, -0.25) is 10.1 Å². The summed E-state index contributed by atoms with van der Waals surface area (Å²) in [6.07, 6.45) is 0. The third-order valence-electron chi connectivity index (χ3n) is 2.54. The lowest BCUT2D eigenvalue weighted by molar-refractivity contribution is -0.385. The van der Waals surface area contributed by atoms with E-state index in [2.05, 4.69) is 0 Å².